The molecule has 0 bridgehead atoms. The molecule has 0 amide bonds. The number of benzene rings is 9. The molecule has 0 atom stereocenters. The Balaban J connectivity index is 1.12. The summed E-state index contributed by atoms with van der Waals surface area (Å²) in [7, 11) is 0. The van der Waals surface area contributed by atoms with Crippen molar-refractivity contribution >= 4 is 43.1 Å². The summed E-state index contributed by atoms with van der Waals surface area (Å²) in [6.07, 6.45) is 0. The molecule has 1 heterocycles. The van der Waals surface area contributed by atoms with Gasteiger partial charge in [0.1, 0.15) is 0 Å². The molecule has 9 aromatic carbocycles. The Morgan fingerprint density at radius 1 is 0.231 bits per heavy atom. The molecule has 0 N–H and O–H groups in total. The van der Waals surface area contributed by atoms with Crippen LogP contribution in [0.3, 0.4) is 0 Å². The van der Waals surface area contributed by atoms with Crippen LogP contribution in [-0.4, -0.2) is 15.0 Å². The van der Waals surface area contributed by atoms with Crippen LogP contribution in [0.4, 0.5) is 0 Å². The molecule has 0 saturated carbocycles. The first-order chi connectivity index (χ1) is 25.7. The van der Waals surface area contributed by atoms with Gasteiger partial charge < -0.3 is 0 Å². The van der Waals surface area contributed by atoms with E-state index < -0.39 is 0 Å². The fourth-order valence-electron chi connectivity index (χ4n) is 7.46. The lowest BCUT2D eigenvalue weighted by molar-refractivity contribution is 1.08. The van der Waals surface area contributed by atoms with Crippen molar-refractivity contribution in [1.82, 2.24) is 15.0 Å². The van der Waals surface area contributed by atoms with Crippen LogP contribution in [0.5, 0.6) is 0 Å². The third kappa shape index (κ3) is 5.28. The number of hydrogen-bond donors (Lipinski definition) is 0. The van der Waals surface area contributed by atoms with Crippen molar-refractivity contribution in [2.45, 2.75) is 0 Å². The van der Waals surface area contributed by atoms with Gasteiger partial charge in [-0.2, -0.15) is 0 Å². The normalized spacial score (nSPS) is 11.5. The summed E-state index contributed by atoms with van der Waals surface area (Å²) < 4.78 is 0. The van der Waals surface area contributed by atoms with Gasteiger partial charge in [-0.1, -0.05) is 176 Å². The van der Waals surface area contributed by atoms with E-state index in [9.17, 15) is 0 Å². The lowest BCUT2D eigenvalue weighted by Gasteiger charge is -2.12. The highest BCUT2D eigenvalue weighted by Gasteiger charge is 2.16. The van der Waals surface area contributed by atoms with Crippen molar-refractivity contribution in [3.05, 3.63) is 188 Å². The maximum atomic E-state index is 5.18. The lowest BCUT2D eigenvalue weighted by Crippen LogP contribution is -2.00. The van der Waals surface area contributed by atoms with Crippen LogP contribution in [0, 0.1) is 0 Å². The molecule has 242 valence electrons. The Morgan fingerprint density at radius 2 is 0.750 bits per heavy atom. The molecule has 52 heavy (non-hydrogen) atoms. The Bertz CT molecular complexity index is 2940. The van der Waals surface area contributed by atoms with Gasteiger partial charge in [0.2, 0.25) is 0 Å². The molecule has 0 spiro atoms. The molecule has 0 saturated heterocycles. The zero-order chi connectivity index (χ0) is 34.4. The van der Waals surface area contributed by atoms with E-state index in [-0.39, 0.29) is 0 Å². The third-order valence-electron chi connectivity index (χ3n) is 10.1. The first-order valence-electron chi connectivity index (χ1n) is 17.6. The number of hydrogen-bond acceptors (Lipinski definition) is 3. The van der Waals surface area contributed by atoms with Crippen LogP contribution < -0.4 is 0 Å². The summed E-state index contributed by atoms with van der Waals surface area (Å²) in [5, 5.41) is 9.48. The Morgan fingerprint density at radius 3 is 1.56 bits per heavy atom. The van der Waals surface area contributed by atoms with Gasteiger partial charge in [0.15, 0.2) is 17.5 Å². The molecule has 10 aromatic rings. The van der Waals surface area contributed by atoms with E-state index in [1.807, 2.05) is 6.07 Å². The van der Waals surface area contributed by atoms with E-state index in [2.05, 4.69) is 182 Å². The van der Waals surface area contributed by atoms with E-state index in [0.717, 1.165) is 33.0 Å². The van der Waals surface area contributed by atoms with Gasteiger partial charge in [-0.05, 0) is 77.5 Å². The third-order valence-corrected chi connectivity index (χ3v) is 10.1. The molecule has 0 aliphatic rings. The van der Waals surface area contributed by atoms with Crippen molar-refractivity contribution in [2.24, 2.45) is 0 Å². The summed E-state index contributed by atoms with van der Waals surface area (Å²) >= 11 is 0. The zero-order valence-corrected chi connectivity index (χ0v) is 28.2. The van der Waals surface area contributed by atoms with Crippen molar-refractivity contribution in [1.29, 1.82) is 0 Å². The standard InChI is InChI=1S/C49H31N3/c1-2-10-32(11-3-1)37-24-25-39-31-40(27-26-38(39)30-37)48-50-47(36-22-20-35(21-23-36)42-17-8-14-33-12-4-6-15-41(33)42)51-49(52-48)46-19-9-18-44-43-16-7-5-13-34(43)28-29-45(44)46/h1-31H. The fraction of sp³-hybridized carbons (Fsp3) is 0. The van der Waals surface area contributed by atoms with Crippen LogP contribution in [0.25, 0.3) is 99.5 Å². The number of aromatic nitrogens is 3. The topological polar surface area (TPSA) is 38.7 Å². The average molecular weight is 662 g/mol. The second-order valence-electron chi connectivity index (χ2n) is 13.2. The SMILES string of the molecule is c1ccc(-c2ccc3cc(-c4nc(-c5ccc(-c6cccc7ccccc67)cc5)nc(-c5cccc6c5ccc5ccccc56)n4)ccc3c2)cc1. The summed E-state index contributed by atoms with van der Waals surface area (Å²) in [6.45, 7) is 0. The Kier molecular flexibility index (Phi) is 7.14. The quantitative estimate of drug-likeness (QED) is 0.172. The van der Waals surface area contributed by atoms with Gasteiger partial charge in [-0.15, -0.1) is 0 Å². The monoisotopic (exact) mass is 661 g/mol. The maximum absolute atomic E-state index is 5.18. The van der Waals surface area contributed by atoms with Gasteiger partial charge in [0, 0.05) is 16.7 Å². The molecular formula is C49H31N3. The molecule has 0 fully saturated rings. The van der Waals surface area contributed by atoms with Gasteiger partial charge in [0.25, 0.3) is 0 Å². The van der Waals surface area contributed by atoms with Crippen LogP contribution in [0.1, 0.15) is 0 Å². The van der Waals surface area contributed by atoms with Crippen LogP contribution in [-0.2, 0) is 0 Å². The first kappa shape index (κ1) is 29.9. The smallest absolute Gasteiger partial charge is 0.164 e. The first-order valence-corrected chi connectivity index (χ1v) is 17.6. The Hall–Kier alpha value is -6.97. The van der Waals surface area contributed by atoms with E-state index in [1.54, 1.807) is 0 Å². The van der Waals surface area contributed by atoms with Crippen molar-refractivity contribution in [3.8, 4) is 56.4 Å². The van der Waals surface area contributed by atoms with Gasteiger partial charge in [-0.25, -0.2) is 15.0 Å². The van der Waals surface area contributed by atoms with Gasteiger partial charge in [0.05, 0.1) is 0 Å². The minimum absolute atomic E-state index is 0.641. The van der Waals surface area contributed by atoms with E-state index in [4.69, 9.17) is 15.0 Å². The van der Waals surface area contributed by atoms with Crippen LogP contribution in [0.15, 0.2) is 188 Å². The predicted octanol–water partition coefficient (Wildman–Crippen LogP) is 12.8. The minimum Gasteiger partial charge on any atom is -0.208 e. The maximum Gasteiger partial charge on any atom is 0.164 e. The molecule has 0 radical (unpaired) electrons. The highest BCUT2D eigenvalue weighted by atomic mass is 15.0. The summed E-state index contributed by atoms with van der Waals surface area (Å²) in [4.78, 5) is 15.5. The van der Waals surface area contributed by atoms with E-state index in [0.29, 0.717) is 17.5 Å². The van der Waals surface area contributed by atoms with Crippen molar-refractivity contribution in [3.63, 3.8) is 0 Å². The second kappa shape index (κ2) is 12.4. The van der Waals surface area contributed by atoms with Crippen molar-refractivity contribution < 1.29 is 0 Å². The zero-order valence-electron chi connectivity index (χ0n) is 28.2. The van der Waals surface area contributed by atoms with Crippen molar-refractivity contribution in [2.75, 3.05) is 0 Å². The molecule has 1 aromatic heterocycles. The predicted molar refractivity (Wildman–Crippen MR) is 217 cm³/mol. The highest BCUT2D eigenvalue weighted by Crippen LogP contribution is 2.35. The number of fused-ring (bicyclic) bond motifs is 5. The largest absolute Gasteiger partial charge is 0.208 e. The molecule has 3 heteroatoms. The lowest BCUT2D eigenvalue weighted by atomic mass is 9.97. The summed E-state index contributed by atoms with van der Waals surface area (Å²) in [5.74, 6) is 1.94. The number of nitrogens with zero attached hydrogens (tertiary/aromatic N) is 3. The van der Waals surface area contributed by atoms with E-state index in [1.165, 1.54) is 49.0 Å². The van der Waals surface area contributed by atoms with Crippen LogP contribution >= 0.6 is 0 Å². The molecule has 0 aliphatic heterocycles. The highest BCUT2D eigenvalue weighted by molar-refractivity contribution is 6.11. The molecule has 0 unspecified atom stereocenters. The second-order valence-corrected chi connectivity index (χ2v) is 13.2. The Labute approximate surface area is 301 Å². The molecular weight excluding hydrogens is 631 g/mol. The molecule has 10 rings (SSSR count). The number of rotatable bonds is 5. The van der Waals surface area contributed by atoms with Crippen LogP contribution in [0.2, 0.25) is 0 Å². The van der Waals surface area contributed by atoms with E-state index >= 15 is 0 Å². The molecule has 0 aliphatic carbocycles. The molecule has 3 nitrogen and oxygen atoms in total. The summed E-state index contributed by atoms with van der Waals surface area (Å²) in [6, 6.07) is 66.5. The minimum atomic E-state index is 0.641. The summed E-state index contributed by atoms with van der Waals surface area (Å²) in [5.41, 5.74) is 7.62. The average Bonchev–Trinajstić information content (AvgIpc) is 3.23. The van der Waals surface area contributed by atoms with Gasteiger partial charge in [-0.3, -0.25) is 0 Å². The fourth-order valence-corrected chi connectivity index (χ4v) is 7.46. The van der Waals surface area contributed by atoms with Gasteiger partial charge >= 0.3 is 0 Å².